The summed E-state index contributed by atoms with van der Waals surface area (Å²) in [6.45, 7) is 2.33. The number of methoxy groups -OCH3 is 1. The molecule has 0 amide bonds. The molecular weight excluding hydrogens is 368 g/mol. The van der Waals surface area contributed by atoms with Gasteiger partial charge in [-0.05, 0) is 92.4 Å². The van der Waals surface area contributed by atoms with Crippen molar-refractivity contribution in [3.05, 3.63) is 29.3 Å². The summed E-state index contributed by atoms with van der Waals surface area (Å²) >= 11 is 0. The molecule has 5 unspecified atom stereocenters. The van der Waals surface area contributed by atoms with Gasteiger partial charge in [0.2, 0.25) is 0 Å². The lowest BCUT2D eigenvalue weighted by molar-refractivity contribution is -0.201. The van der Waals surface area contributed by atoms with E-state index in [-0.39, 0.29) is 5.41 Å². The first-order chi connectivity index (χ1) is 13.9. The van der Waals surface area contributed by atoms with E-state index in [9.17, 15) is 14.7 Å². The van der Waals surface area contributed by atoms with Crippen molar-refractivity contribution in [1.29, 1.82) is 0 Å². The molecule has 0 bridgehead atoms. The molecule has 1 heterocycles. The molecule has 1 N–H and O–H groups in total. The van der Waals surface area contributed by atoms with E-state index in [2.05, 4.69) is 13.0 Å². The van der Waals surface area contributed by atoms with Crippen molar-refractivity contribution in [2.24, 2.45) is 23.2 Å². The minimum absolute atomic E-state index is 0.0284. The van der Waals surface area contributed by atoms with Crippen LogP contribution in [0, 0.1) is 23.2 Å². The Bertz CT molecular complexity index is 863. The summed E-state index contributed by atoms with van der Waals surface area (Å²) in [5, 5.41) is 9.86. The maximum atomic E-state index is 12.7. The molecule has 0 aromatic heterocycles. The molecule has 5 heteroatoms. The molecular formula is C24H30O5. The highest BCUT2D eigenvalue weighted by atomic mass is 16.6. The zero-order valence-electron chi connectivity index (χ0n) is 17.3. The Morgan fingerprint density at radius 1 is 1.17 bits per heavy atom. The van der Waals surface area contributed by atoms with Crippen LogP contribution in [0.25, 0.3) is 0 Å². The molecule has 0 radical (unpaired) electrons. The lowest BCUT2D eigenvalue weighted by Gasteiger charge is -2.55. The second-order valence-corrected chi connectivity index (χ2v) is 9.82. The second-order valence-electron chi connectivity index (χ2n) is 9.82. The normalized spacial score (nSPS) is 40.6. The summed E-state index contributed by atoms with van der Waals surface area (Å²) in [5.41, 5.74) is 2.25. The van der Waals surface area contributed by atoms with Crippen LogP contribution in [-0.2, 0) is 25.5 Å². The summed E-state index contributed by atoms with van der Waals surface area (Å²) < 4.78 is 10.9. The summed E-state index contributed by atoms with van der Waals surface area (Å²) in [6, 6.07) is 5.88. The van der Waals surface area contributed by atoms with Gasteiger partial charge in [0.1, 0.15) is 11.4 Å². The quantitative estimate of drug-likeness (QED) is 0.569. The lowest BCUT2D eigenvalue weighted by Crippen LogP contribution is -2.56. The molecule has 1 saturated heterocycles. The van der Waals surface area contributed by atoms with Gasteiger partial charge >= 0.3 is 11.9 Å². The first-order valence-corrected chi connectivity index (χ1v) is 11.0. The molecule has 1 spiro atoms. The highest BCUT2D eigenvalue weighted by Gasteiger charge is 2.65. The smallest absolute Gasteiger partial charge is 0.320 e. The fourth-order valence-electron chi connectivity index (χ4n) is 7.41. The fourth-order valence-corrected chi connectivity index (χ4v) is 7.41. The number of aryl methyl sites for hydroxylation is 1. The molecule has 4 aliphatic rings. The first kappa shape index (κ1) is 19.0. The fraction of sp³-hybridized carbons (Fsp3) is 0.667. The van der Waals surface area contributed by atoms with E-state index in [0.29, 0.717) is 29.9 Å². The van der Waals surface area contributed by atoms with Crippen LogP contribution >= 0.6 is 0 Å². The van der Waals surface area contributed by atoms with E-state index in [0.717, 1.165) is 44.9 Å². The van der Waals surface area contributed by atoms with Gasteiger partial charge in [0.15, 0.2) is 5.92 Å². The third kappa shape index (κ3) is 2.58. The van der Waals surface area contributed by atoms with Crippen LogP contribution in [0.5, 0.6) is 5.75 Å². The molecule has 6 atom stereocenters. The minimum Gasteiger partial charge on any atom is -0.508 e. The van der Waals surface area contributed by atoms with Gasteiger partial charge < -0.3 is 14.6 Å². The van der Waals surface area contributed by atoms with Gasteiger partial charge in [-0.2, -0.15) is 0 Å². The van der Waals surface area contributed by atoms with Crippen LogP contribution in [0.4, 0.5) is 0 Å². The molecule has 29 heavy (non-hydrogen) atoms. The van der Waals surface area contributed by atoms with Crippen molar-refractivity contribution < 1.29 is 24.2 Å². The standard InChI is InChI=1S/C24H30O5/c1-23-10-7-17-16-6-4-15(25)13-14(16)3-5-18(17)20(23)9-12-24(23)11-8-19(21(26)28-2)22(27)29-24/h4,6,13,17-20,25H,3,5,7-12H2,1-2H3/t17?,18?,19?,20?,23?,24-/m0/s1. The predicted molar refractivity (Wildman–Crippen MR) is 106 cm³/mol. The van der Waals surface area contributed by atoms with E-state index < -0.39 is 23.5 Å². The van der Waals surface area contributed by atoms with E-state index in [1.54, 1.807) is 0 Å². The first-order valence-electron chi connectivity index (χ1n) is 11.0. The third-order valence-electron chi connectivity index (χ3n) is 8.90. The Hall–Kier alpha value is -2.04. The molecule has 3 aliphatic carbocycles. The number of benzene rings is 1. The van der Waals surface area contributed by atoms with Crippen molar-refractivity contribution >= 4 is 11.9 Å². The van der Waals surface area contributed by atoms with Gasteiger partial charge in [0.05, 0.1) is 7.11 Å². The SMILES string of the molecule is COC(=O)C1CC[C@@]2(CCC3C4CCc5cc(O)ccc5C4CCC32C)OC1=O. The number of phenols is 1. The zero-order valence-corrected chi connectivity index (χ0v) is 17.3. The molecule has 1 aliphatic heterocycles. The maximum Gasteiger partial charge on any atom is 0.320 e. The Kier molecular flexibility index (Phi) is 4.24. The van der Waals surface area contributed by atoms with Crippen molar-refractivity contribution in [3.8, 4) is 5.75 Å². The number of esters is 2. The molecule has 5 rings (SSSR count). The number of rotatable bonds is 1. The van der Waals surface area contributed by atoms with Gasteiger partial charge in [-0.1, -0.05) is 13.0 Å². The number of fused-ring (bicyclic) bond motifs is 6. The van der Waals surface area contributed by atoms with Crippen LogP contribution < -0.4 is 0 Å². The Morgan fingerprint density at radius 2 is 1.97 bits per heavy atom. The Labute approximate surface area is 171 Å². The molecule has 2 saturated carbocycles. The number of hydrogen-bond acceptors (Lipinski definition) is 5. The molecule has 1 aromatic carbocycles. The Balaban J connectivity index is 1.42. The third-order valence-corrected chi connectivity index (χ3v) is 8.90. The van der Waals surface area contributed by atoms with Crippen LogP contribution in [0.2, 0.25) is 0 Å². The minimum atomic E-state index is -0.765. The highest BCUT2D eigenvalue weighted by molar-refractivity contribution is 5.95. The Morgan fingerprint density at radius 3 is 2.72 bits per heavy atom. The summed E-state index contributed by atoms with van der Waals surface area (Å²) in [4.78, 5) is 24.6. The van der Waals surface area contributed by atoms with Crippen LogP contribution in [0.15, 0.2) is 18.2 Å². The van der Waals surface area contributed by atoms with E-state index in [1.165, 1.54) is 18.2 Å². The van der Waals surface area contributed by atoms with E-state index >= 15 is 0 Å². The average Bonchev–Trinajstić information content (AvgIpc) is 2.99. The summed E-state index contributed by atoms with van der Waals surface area (Å²) in [7, 11) is 1.33. The zero-order chi connectivity index (χ0) is 20.4. The number of aromatic hydroxyl groups is 1. The van der Waals surface area contributed by atoms with Crippen molar-refractivity contribution in [2.45, 2.75) is 69.8 Å². The average molecular weight is 398 g/mol. The predicted octanol–water partition coefficient (Wildman–Crippen LogP) is 4.11. The van der Waals surface area contributed by atoms with Crippen LogP contribution in [0.1, 0.15) is 68.9 Å². The monoisotopic (exact) mass is 398 g/mol. The van der Waals surface area contributed by atoms with Crippen molar-refractivity contribution in [2.75, 3.05) is 7.11 Å². The number of phenolic OH excluding ortho intramolecular Hbond substituents is 1. The number of ether oxygens (including phenoxy) is 2. The van der Waals surface area contributed by atoms with E-state index in [4.69, 9.17) is 9.47 Å². The van der Waals surface area contributed by atoms with Gasteiger partial charge in [-0.15, -0.1) is 0 Å². The molecule has 1 aromatic rings. The van der Waals surface area contributed by atoms with Gasteiger partial charge in [-0.25, -0.2) is 0 Å². The maximum absolute atomic E-state index is 12.7. The molecule has 3 fully saturated rings. The largest absolute Gasteiger partial charge is 0.508 e. The van der Waals surface area contributed by atoms with E-state index in [1.807, 2.05) is 12.1 Å². The second kappa shape index (κ2) is 6.48. The van der Waals surface area contributed by atoms with Crippen LogP contribution in [-0.4, -0.2) is 29.8 Å². The van der Waals surface area contributed by atoms with Crippen molar-refractivity contribution in [1.82, 2.24) is 0 Å². The van der Waals surface area contributed by atoms with Gasteiger partial charge in [0, 0.05) is 5.41 Å². The highest BCUT2D eigenvalue weighted by Crippen LogP contribution is 2.67. The number of carbonyl (C=O) groups is 2. The molecule has 156 valence electrons. The molecule has 5 nitrogen and oxygen atoms in total. The summed E-state index contributed by atoms with van der Waals surface area (Å²) in [6.07, 6.45) is 7.55. The lowest BCUT2D eigenvalue weighted by atomic mass is 9.52. The number of hydrogen-bond donors (Lipinski definition) is 1. The number of carbonyl (C=O) groups excluding carboxylic acids is 2. The van der Waals surface area contributed by atoms with Crippen molar-refractivity contribution in [3.63, 3.8) is 0 Å². The van der Waals surface area contributed by atoms with Gasteiger partial charge in [0.25, 0.3) is 0 Å². The summed E-state index contributed by atoms with van der Waals surface area (Å²) in [5.74, 6) is 0.398. The van der Waals surface area contributed by atoms with Gasteiger partial charge in [-0.3, -0.25) is 9.59 Å². The van der Waals surface area contributed by atoms with Crippen LogP contribution in [0.3, 0.4) is 0 Å². The topological polar surface area (TPSA) is 72.8 Å².